The number of terminal acetylenes is 1. The number of nitrogen functional groups attached to an aromatic ring is 1. The summed E-state index contributed by atoms with van der Waals surface area (Å²) in [6.07, 6.45) is 6.37. The van der Waals surface area contributed by atoms with E-state index in [2.05, 4.69) is 11.2 Å². The van der Waals surface area contributed by atoms with Crippen LogP contribution in [-0.4, -0.2) is 12.8 Å². The minimum atomic E-state index is 0.435. The lowest BCUT2D eigenvalue weighted by Crippen LogP contribution is -2.02. The molecule has 1 aromatic rings. The highest BCUT2D eigenvalue weighted by molar-refractivity contribution is 5.87. The highest BCUT2D eigenvalue weighted by Crippen LogP contribution is 2.16. The van der Waals surface area contributed by atoms with Gasteiger partial charge in [0.25, 0.3) is 0 Å². The fraction of sp³-hybridized carbons (Fsp3) is 0.100. The molecule has 0 fully saturated rings. The molecule has 3 heteroatoms. The summed E-state index contributed by atoms with van der Waals surface area (Å²) in [7, 11) is 0. The number of hydrogen-bond donors (Lipinski definition) is 3. The van der Waals surface area contributed by atoms with Crippen LogP contribution in [0.4, 0.5) is 11.4 Å². The van der Waals surface area contributed by atoms with E-state index in [0.717, 1.165) is 11.3 Å². The van der Waals surface area contributed by atoms with E-state index < -0.39 is 0 Å². The lowest BCUT2D eigenvalue weighted by atomic mass is 10.1. The molecule has 0 saturated carbocycles. The first-order valence-electron chi connectivity index (χ1n) is 3.85. The molecule has 0 heterocycles. The monoisotopic (exact) mass is 173 g/mol. The largest absolute Gasteiger partial charge is 0.399 e. The van der Waals surface area contributed by atoms with Crippen molar-refractivity contribution in [3.8, 4) is 12.3 Å². The van der Waals surface area contributed by atoms with Gasteiger partial charge in [-0.3, -0.25) is 0 Å². The van der Waals surface area contributed by atoms with Crippen LogP contribution in [0.1, 0.15) is 5.56 Å². The fourth-order valence-electron chi connectivity index (χ4n) is 0.999. The van der Waals surface area contributed by atoms with Crippen molar-refractivity contribution in [2.45, 2.75) is 0 Å². The lowest BCUT2D eigenvalue weighted by molar-refractivity contribution is 1.37. The number of rotatable bonds is 3. The van der Waals surface area contributed by atoms with Gasteiger partial charge in [-0.1, -0.05) is 5.92 Å². The Morgan fingerprint density at radius 3 is 3.00 bits per heavy atom. The maximum absolute atomic E-state index is 7.13. The summed E-state index contributed by atoms with van der Waals surface area (Å²) in [5.41, 5.74) is 7.83. The summed E-state index contributed by atoms with van der Waals surface area (Å²) in [5, 5.41) is 10.1. The maximum atomic E-state index is 7.13. The molecule has 0 amide bonds. The van der Waals surface area contributed by atoms with Gasteiger partial charge in [-0.15, -0.1) is 6.42 Å². The molecule has 0 radical (unpaired) electrons. The van der Waals surface area contributed by atoms with Crippen molar-refractivity contribution < 1.29 is 0 Å². The summed E-state index contributed by atoms with van der Waals surface area (Å²) >= 11 is 0. The number of nitrogens with one attached hydrogen (secondary N) is 2. The summed E-state index contributed by atoms with van der Waals surface area (Å²) in [4.78, 5) is 0. The van der Waals surface area contributed by atoms with Crippen molar-refractivity contribution in [3.63, 3.8) is 0 Å². The highest BCUT2D eigenvalue weighted by Gasteiger charge is 1.98. The van der Waals surface area contributed by atoms with Gasteiger partial charge in [0.2, 0.25) is 0 Å². The van der Waals surface area contributed by atoms with Gasteiger partial charge in [0.15, 0.2) is 0 Å². The first kappa shape index (κ1) is 9.14. The van der Waals surface area contributed by atoms with Crippen molar-refractivity contribution in [1.82, 2.24) is 0 Å². The minimum absolute atomic E-state index is 0.435. The Balaban J connectivity index is 2.95. The molecule has 0 bridgehead atoms. The van der Waals surface area contributed by atoms with E-state index in [1.807, 2.05) is 0 Å². The molecule has 0 spiro atoms. The van der Waals surface area contributed by atoms with E-state index in [1.54, 1.807) is 18.2 Å². The van der Waals surface area contributed by atoms with E-state index >= 15 is 0 Å². The topological polar surface area (TPSA) is 61.9 Å². The van der Waals surface area contributed by atoms with Gasteiger partial charge in [0.1, 0.15) is 0 Å². The summed E-state index contributed by atoms with van der Waals surface area (Å²) < 4.78 is 0. The zero-order chi connectivity index (χ0) is 9.68. The second-order valence-corrected chi connectivity index (χ2v) is 2.55. The average Bonchev–Trinajstić information content (AvgIpc) is 2.15. The fourth-order valence-corrected chi connectivity index (χ4v) is 0.999. The van der Waals surface area contributed by atoms with Crippen molar-refractivity contribution in [2.24, 2.45) is 0 Å². The molecular weight excluding hydrogens is 162 g/mol. The van der Waals surface area contributed by atoms with Gasteiger partial charge in [0.05, 0.1) is 6.54 Å². The minimum Gasteiger partial charge on any atom is -0.399 e. The molecule has 0 aliphatic carbocycles. The molecule has 3 nitrogen and oxygen atoms in total. The third-order valence-corrected chi connectivity index (χ3v) is 1.61. The molecule has 13 heavy (non-hydrogen) atoms. The van der Waals surface area contributed by atoms with Crippen molar-refractivity contribution >= 4 is 17.6 Å². The van der Waals surface area contributed by atoms with Crippen LogP contribution < -0.4 is 11.1 Å². The molecule has 0 unspecified atom stereocenters. The average molecular weight is 173 g/mol. The number of benzene rings is 1. The zero-order valence-electron chi connectivity index (χ0n) is 7.17. The number of anilines is 2. The molecule has 1 rings (SSSR count). The Hall–Kier alpha value is -1.95. The molecule has 0 aliphatic heterocycles. The first-order chi connectivity index (χ1) is 6.27. The molecule has 1 aromatic carbocycles. The van der Waals surface area contributed by atoms with Gasteiger partial charge >= 0.3 is 0 Å². The number of nitrogens with two attached hydrogens (primary N) is 1. The maximum Gasteiger partial charge on any atom is 0.0763 e. The van der Waals surface area contributed by atoms with Crippen molar-refractivity contribution in [3.05, 3.63) is 23.8 Å². The van der Waals surface area contributed by atoms with Gasteiger partial charge < -0.3 is 16.5 Å². The van der Waals surface area contributed by atoms with Gasteiger partial charge in [0, 0.05) is 23.2 Å². The SMILES string of the molecule is C#CCNc1cc(N)ccc1C=N. The van der Waals surface area contributed by atoms with Crippen LogP contribution in [-0.2, 0) is 0 Å². The standard InChI is InChI=1S/C10H11N3/c1-2-5-13-10-6-9(12)4-3-8(10)7-11/h1,3-4,6-7,11,13H,5,12H2. The van der Waals surface area contributed by atoms with E-state index in [-0.39, 0.29) is 0 Å². The Bertz CT molecular complexity index is 350. The number of hydrogen-bond acceptors (Lipinski definition) is 3. The van der Waals surface area contributed by atoms with Crippen LogP contribution in [0, 0.1) is 17.8 Å². The van der Waals surface area contributed by atoms with Crippen LogP contribution in [0.5, 0.6) is 0 Å². The predicted molar refractivity (Wildman–Crippen MR) is 56.1 cm³/mol. The third kappa shape index (κ3) is 2.24. The summed E-state index contributed by atoms with van der Waals surface area (Å²) in [6, 6.07) is 5.29. The molecular formula is C10H11N3. The Morgan fingerprint density at radius 2 is 2.38 bits per heavy atom. The highest BCUT2D eigenvalue weighted by atomic mass is 14.9. The quantitative estimate of drug-likeness (QED) is 0.366. The predicted octanol–water partition coefficient (Wildman–Crippen LogP) is 1.31. The second-order valence-electron chi connectivity index (χ2n) is 2.55. The van der Waals surface area contributed by atoms with Crippen LogP contribution in [0.25, 0.3) is 0 Å². The second kappa shape index (κ2) is 4.17. The van der Waals surface area contributed by atoms with Crippen LogP contribution in [0.3, 0.4) is 0 Å². The summed E-state index contributed by atoms with van der Waals surface area (Å²) in [5.74, 6) is 2.46. The first-order valence-corrected chi connectivity index (χ1v) is 3.85. The third-order valence-electron chi connectivity index (χ3n) is 1.61. The van der Waals surface area contributed by atoms with Gasteiger partial charge in [-0.2, -0.15) is 0 Å². The van der Waals surface area contributed by atoms with Gasteiger partial charge in [-0.05, 0) is 18.2 Å². The summed E-state index contributed by atoms with van der Waals surface area (Å²) in [6.45, 7) is 0.435. The van der Waals surface area contributed by atoms with Crippen LogP contribution >= 0.6 is 0 Å². The van der Waals surface area contributed by atoms with E-state index in [9.17, 15) is 0 Å². The smallest absolute Gasteiger partial charge is 0.0763 e. The Labute approximate surface area is 77.5 Å². The Kier molecular flexibility index (Phi) is 2.93. The van der Waals surface area contributed by atoms with Crippen molar-refractivity contribution in [2.75, 3.05) is 17.6 Å². The molecule has 0 saturated heterocycles. The molecule has 4 N–H and O–H groups in total. The lowest BCUT2D eigenvalue weighted by Gasteiger charge is -2.06. The molecule has 0 atom stereocenters. The van der Waals surface area contributed by atoms with Gasteiger partial charge in [-0.25, -0.2) is 0 Å². The molecule has 66 valence electrons. The van der Waals surface area contributed by atoms with E-state index in [0.29, 0.717) is 12.2 Å². The molecule has 0 aliphatic rings. The van der Waals surface area contributed by atoms with Crippen LogP contribution in [0.15, 0.2) is 18.2 Å². The normalized spacial score (nSPS) is 8.85. The Morgan fingerprint density at radius 1 is 1.62 bits per heavy atom. The molecule has 0 aromatic heterocycles. The van der Waals surface area contributed by atoms with Crippen molar-refractivity contribution in [1.29, 1.82) is 5.41 Å². The van der Waals surface area contributed by atoms with E-state index in [1.165, 1.54) is 6.21 Å². The zero-order valence-corrected chi connectivity index (χ0v) is 7.17. The van der Waals surface area contributed by atoms with E-state index in [4.69, 9.17) is 17.6 Å². The van der Waals surface area contributed by atoms with Crippen LogP contribution in [0.2, 0.25) is 0 Å².